The van der Waals surface area contributed by atoms with Gasteiger partial charge in [-0.3, -0.25) is 4.79 Å². The SMILES string of the molecule is O=C(OC1C[N+]2(Cc3noc(-c4cccc(C(F)(F)F)c4)n3)CCC1CC2)C1(c2cccs2)CCCCCC1.[Cl-]. The Labute approximate surface area is 241 Å². The predicted octanol–water partition coefficient (Wildman–Crippen LogP) is 3.77. The third-order valence-electron chi connectivity index (χ3n) is 9.02. The van der Waals surface area contributed by atoms with Crippen molar-refractivity contribution in [2.75, 3.05) is 19.6 Å². The number of quaternary nitrogens is 1. The van der Waals surface area contributed by atoms with Crippen LogP contribution in [0.4, 0.5) is 13.2 Å². The molecule has 4 aliphatic rings. The van der Waals surface area contributed by atoms with Crippen LogP contribution in [0.5, 0.6) is 0 Å². The van der Waals surface area contributed by atoms with E-state index < -0.39 is 17.2 Å². The average Bonchev–Trinajstić information content (AvgIpc) is 3.57. The minimum atomic E-state index is -4.44. The number of esters is 1. The molecule has 5 heterocycles. The quantitative estimate of drug-likeness (QED) is 0.247. The highest BCUT2D eigenvalue weighted by molar-refractivity contribution is 7.10. The van der Waals surface area contributed by atoms with Crippen LogP contribution in [-0.4, -0.2) is 46.3 Å². The summed E-state index contributed by atoms with van der Waals surface area (Å²) >= 11 is 1.65. The zero-order valence-corrected chi connectivity index (χ0v) is 23.7. The highest BCUT2D eigenvalue weighted by atomic mass is 35.5. The fraction of sp³-hybridized carbons (Fsp3) is 0.552. The summed E-state index contributed by atoms with van der Waals surface area (Å²) in [6.45, 7) is 3.06. The Morgan fingerprint density at radius 3 is 2.52 bits per heavy atom. The molecule has 0 amide bonds. The second-order valence-corrected chi connectivity index (χ2v) is 12.4. The third-order valence-corrected chi connectivity index (χ3v) is 10.1. The molecule has 7 rings (SSSR count). The lowest BCUT2D eigenvalue weighted by Gasteiger charge is -2.51. The molecule has 216 valence electrons. The number of hydrogen-bond donors (Lipinski definition) is 0. The normalized spacial score (nSPS) is 26.1. The summed E-state index contributed by atoms with van der Waals surface area (Å²) in [7, 11) is 0. The van der Waals surface area contributed by atoms with Crippen LogP contribution in [0.15, 0.2) is 46.3 Å². The summed E-state index contributed by atoms with van der Waals surface area (Å²) in [4.78, 5) is 19.5. The molecular weight excluding hydrogens is 563 g/mol. The van der Waals surface area contributed by atoms with Crippen LogP contribution in [-0.2, 0) is 27.7 Å². The number of thiophene rings is 1. The zero-order valence-electron chi connectivity index (χ0n) is 22.2. The zero-order chi connectivity index (χ0) is 27.1. The molecular formula is C29H33ClF3N3O3S. The van der Waals surface area contributed by atoms with Gasteiger partial charge in [-0.1, -0.05) is 43.0 Å². The summed E-state index contributed by atoms with van der Waals surface area (Å²) in [5.41, 5.74) is -1.05. The fourth-order valence-corrected chi connectivity index (χ4v) is 7.80. The van der Waals surface area contributed by atoms with Gasteiger partial charge in [0.05, 0.1) is 18.7 Å². The Morgan fingerprint density at radius 1 is 1.10 bits per heavy atom. The number of carbonyl (C=O) groups excluding carboxylic acids is 1. The monoisotopic (exact) mass is 595 g/mol. The smallest absolute Gasteiger partial charge is 0.416 e. The van der Waals surface area contributed by atoms with E-state index in [9.17, 15) is 18.0 Å². The van der Waals surface area contributed by atoms with Crippen molar-refractivity contribution in [2.24, 2.45) is 5.92 Å². The van der Waals surface area contributed by atoms with Crippen LogP contribution >= 0.6 is 11.3 Å². The Balaban J connectivity index is 0.00000323. The molecule has 11 heteroatoms. The highest BCUT2D eigenvalue weighted by Gasteiger charge is 2.51. The van der Waals surface area contributed by atoms with Crippen molar-refractivity contribution in [1.82, 2.24) is 10.1 Å². The maximum atomic E-state index is 13.9. The van der Waals surface area contributed by atoms with Crippen LogP contribution in [0.3, 0.4) is 0 Å². The predicted molar refractivity (Wildman–Crippen MR) is 140 cm³/mol. The van der Waals surface area contributed by atoms with Crippen molar-refractivity contribution in [3.05, 3.63) is 58.0 Å². The lowest BCUT2D eigenvalue weighted by Crippen LogP contribution is -3.00. The Bertz CT molecular complexity index is 1300. The van der Waals surface area contributed by atoms with Crippen LogP contribution in [0, 0.1) is 5.92 Å². The summed E-state index contributed by atoms with van der Waals surface area (Å²) in [5.74, 6) is 0.822. The molecule has 3 aliphatic heterocycles. The number of carbonyl (C=O) groups is 1. The van der Waals surface area contributed by atoms with Gasteiger partial charge in [0, 0.05) is 29.2 Å². The fourth-order valence-electron chi connectivity index (χ4n) is 6.83. The van der Waals surface area contributed by atoms with E-state index in [2.05, 4.69) is 16.2 Å². The van der Waals surface area contributed by atoms with Gasteiger partial charge in [0.15, 0.2) is 6.10 Å². The summed E-state index contributed by atoms with van der Waals surface area (Å²) in [6, 6.07) is 9.04. The molecule has 3 aromatic rings. The van der Waals surface area contributed by atoms with E-state index in [-0.39, 0.29) is 35.9 Å². The molecule has 0 radical (unpaired) electrons. The van der Waals surface area contributed by atoms with Crippen molar-refractivity contribution in [2.45, 2.75) is 75.6 Å². The van der Waals surface area contributed by atoms with Gasteiger partial charge in [0.25, 0.3) is 5.89 Å². The van der Waals surface area contributed by atoms with E-state index in [0.29, 0.717) is 29.3 Å². The molecule has 1 unspecified atom stereocenters. The average molecular weight is 596 g/mol. The van der Waals surface area contributed by atoms with E-state index in [1.807, 2.05) is 11.4 Å². The Kier molecular flexibility index (Phi) is 8.32. The van der Waals surface area contributed by atoms with E-state index in [1.54, 1.807) is 11.3 Å². The van der Waals surface area contributed by atoms with Crippen LogP contribution in [0.2, 0.25) is 0 Å². The Morgan fingerprint density at radius 2 is 1.85 bits per heavy atom. The van der Waals surface area contributed by atoms with E-state index in [0.717, 1.165) is 81.5 Å². The number of ether oxygens (including phenoxy) is 1. The number of alkyl halides is 3. The van der Waals surface area contributed by atoms with Gasteiger partial charge in [0.1, 0.15) is 18.5 Å². The van der Waals surface area contributed by atoms with Gasteiger partial charge >= 0.3 is 12.1 Å². The third kappa shape index (κ3) is 5.67. The van der Waals surface area contributed by atoms with Gasteiger partial charge in [-0.25, -0.2) is 0 Å². The van der Waals surface area contributed by atoms with Gasteiger partial charge in [-0.2, -0.15) is 18.2 Å². The van der Waals surface area contributed by atoms with E-state index in [4.69, 9.17) is 9.26 Å². The molecule has 1 aromatic carbocycles. The molecule has 1 saturated carbocycles. The number of benzene rings is 1. The molecule has 2 aromatic heterocycles. The number of halogens is 4. The first-order valence-corrected chi connectivity index (χ1v) is 14.7. The summed E-state index contributed by atoms with van der Waals surface area (Å²) in [6.07, 6.45) is 3.37. The number of aromatic nitrogens is 2. The topological polar surface area (TPSA) is 65.2 Å². The van der Waals surface area contributed by atoms with Gasteiger partial charge in [-0.15, -0.1) is 11.3 Å². The number of rotatable bonds is 6. The van der Waals surface area contributed by atoms with Crippen LogP contribution in [0.25, 0.3) is 11.5 Å². The molecule has 0 N–H and O–H groups in total. The van der Waals surface area contributed by atoms with Gasteiger partial charge in [-0.05, 0) is 42.5 Å². The molecule has 1 atom stereocenters. The minimum Gasteiger partial charge on any atom is -1.00 e. The van der Waals surface area contributed by atoms with Crippen molar-refractivity contribution in [1.29, 1.82) is 0 Å². The highest BCUT2D eigenvalue weighted by Crippen LogP contribution is 2.44. The van der Waals surface area contributed by atoms with Crippen LogP contribution in [0.1, 0.15) is 67.6 Å². The lowest BCUT2D eigenvalue weighted by molar-refractivity contribution is -0.958. The van der Waals surface area contributed by atoms with Gasteiger partial charge < -0.3 is 26.2 Å². The van der Waals surface area contributed by atoms with Crippen molar-refractivity contribution >= 4 is 17.3 Å². The molecule has 0 spiro atoms. The first-order valence-electron chi connectivity index (χ1n) is 13.9. The molecule has 4 fully saturated rings. The van der Waals surface area contributed by atoms with Crippen molar-refractivity contribution in [3.8, 4) is 11.5 Å². The number of piperidine rings is 3. The molecule has 1 aliphatic carbocycles. The number of nitrogens with zero attached hydrogens (tertiary/aromatic N) is 3. The molecule has 3 saturated heterocycles. The summed E-state index contributed by atoms with van der Waals surface area (Å²) in [5, 5.41) is 6.16. The second kappa shape index (κ2) is 11.4. The van der Waals surface area contributed by atoms with Crippen molar-refractivity contribution in [3.63, 3.8) is 0 Å². The Hall–Kier alpha value is -2.43. The molecule has 6 nitrogen and oxygen atoms in total. The standard InChI is InChI=1S/C29H33F3N3O3S.ClH/c30-29(31,32)22-8-5-7-21(17-22)26-33-25(34-38-26)19-35-14-10-20(11-15-35)23(18-35)37-27(36)28(24-9-6-16-39-24)12-3-1-2-4-13-28;/h5-9,16-17,20,23H,1-4,10-15,18-19H2;1H/q+1;/p-1. The molecule has 40 heavy (non-hydrogen) atoms. The maximum Gasteiger partial charge on any atom is 0.416 e. The lowest BCUT2D eigenvalue weighted by atomic mass is 9.78. The minimum absolute atomic E-state index is 0. The van der Waals surface area contributed by atoms with Crippen molar-refractivity contribution < 1.29 is 44.1 Å². The number of fused-ring (bicyclic) bond motifs is 3. The summed E-state index contributed by atoms with van der Waals surface area (Å²) < 4.78 is 52.0. The second-order valence-electron chi connectivity index (χ2n) is 11.5. The first-order chi connectivity index (χ1) is 18.8. The van der Waals surface area contributed by atoms with Crippen LogP contribution < -0.4 is 12.4 Å². The maximum absolute atomic E-state index is 13.9. The van der Waals surface area contributed by atoms with E-state index >= 15 is 0 Å². The number of hydrogen-bond acceptors (Lipinski definition) is 6. The van der Waals surface area contributed by atoms with E-state index in [1.165, 1.54) is 12.1 Å². The molecule has 2 bridgehead atoms. The first kappa shape index (κ1) is 29.1. The largest absolute Gasteiger partial charge is 1.00 e. The van der Waals surface area contributed by atoms with Gasteiger partial charge in [0.2, 0.25) is 5.82 Å².